The second kappa shape index (κ2) is 9.76. The van der Waals surface area contributed by atoms with Crippen molar-refractivity contribution in [3.63, 3.8) is 0 Å². The van der Waals surface area contributed by atoms with Crippen LogP contribution >= 0.6 is 0 Å². The van der Waals surface area contributed by atoms with Crippen LogP contribution in [0, 0.1) is 0 Å². The van der Waals surface area contributed by atoms with Gasteiger partial charge in [0.25, 0.3) is 5.91 Å². The van der Waals surface area contributed by atoms with Gasteiger partial charge in [0, 0.05) is 35.3 Å². The number of rotatable bonds is 9. The number of amides is 1. The number of nitrogen functional groups attached to an aromatic ring is 1. The zero-order valence-electron chi connectivity index (χ0n) is 19.2. The quantitative estimate of drug-likeness (QED) is 0.256. The zero-order chi connectivity index (χ0) is 25.0. The normalized spacial score (nSPS) is 12.7. The number of nitrogens with two attached hydrogens (primary N) is 1. The maximum Gasteiger partial charge on any atom is 0.307 e. The minimum absolute atomic E-state index is 0.229. The molecule has 0 spiro atoms. The van der Waals surface area contributed by atoms with Crippen molar-refractivity contribution in [1.82, 2.24) is 4.98 Å². The van der Waals surface area contributed by atoms with Gasteiger partial charge in [-0.3, -0.25) is 9.79 Å². The lowest BCUT2D eigenvalue weighted by Gasteiger charge is -2.23. The van der Waals surface area contributed by atoms with Crippen LogP contribution in [0.25, 0.3) is 0 Å². The number of hydrogen-bond acceptors (Lipinski definition) is 6. The monoisotopic (exact) mass is 460 g/mol. The standard InChI is InChI=1S/C24H30F2N4O3/c1-6-24(25,26)20-9-7-8-18(29-20)21(31)30-19-12-15(14-28-11-10-22(2,3)32)17(27)13-16(19)23(4,5)33/h6-9,12-14,32-33H,1,10-11,27H2,2-5H3,(H,30,31). The molecule has 0 saturated carbocycles. The van der Waals surface area contributed by atoms with E-state index in [-0.39, 0.29) is 11.4 Å². The van der Waals surface area contributed by atoms with Gasteiger partial charge in [-0.1, -0.05) is 12.6 Å². The smallest absolute Gasteiger partial charge is 0.307 e. The van der Waals surface area contributed by atoms with Crippen molar-refractivity contribution in [3.05, 3.63) is 65.5 Å². The molecule has 1 heterocycles. The first kappa shape index (κ1) is 26.1. The van der Waals surface area contributed by atoms with Crippen molar-refractivity contribution in [2.75, 3.05) is 17.6 Å². The second-order valence-electron chi connectivity index (χ2n) is 8.87. The van der Waals surface area contributed by atoms with Crippen molar-refractivity contribution in [2.24, 2.45) is 4.99 Å². The molecule has 2 rings (SSSR count). The Bertz CT molecular complexity index is 1050. The maximum absolute atomic E-state index is 13.9. The van der Waals surface area contributed by atoms with Crippen LogP contribution in [-0.4, -0.2) is 39.5 Å². The fourth-order valence-electron chi connectivity index (χ4n) is 2.89. The molecule has 0 aliphatic rings. The summed E-state index contributed by atoms with van der Waals surface area (Å²) < 4.78 is 27.8. The molecule has 0 unspecified atom stereocenters. The Morgan fingerprint density at radius 2 is 1.91 bits per heavy atom. The summed E-state index contributed by atoms with van der Waals surface area (Å²) in [6.07, 6.45) is 2.40. The molecular formula is C24H30F2N4O3. The van der Waals surface area contributed by atoms with Crippen molar-refractivity contribution in [3.8, 4) is 0 Å². The Labute approximate surface area is 192 Å². The molecule has 0 aliphatic carbocycles. The maximum atomic E-state index is 13.9. The Balaban J connectivity index is 2.39. The highest BCUT2D eigenvalue weighted by molar-refractivity contribution is 6.04. The summed E-state index contributed by atoms with van der Waals surface area (Å²) in [5.74, 6) is -4.13. The Morgan fingerprint density at radius 1 is 1.24 bits per heavy atom. The predicted octanol–water partition coefficient (Wildman–Crippen LogP) is 4.00. The van der Waals surface area contributed by atoms with Crippen LogP contribution in [0.1, 0.15) is 61.4 Å². The van der Waals surface area contributed by atoms with Gasteiger partial charge in [0.05, 0.1) is 11.2 Å². The number of nitrogens with one attached hydrogen (secondary N) is 1. The number of alkyl halides is 2. The number of pyridine rings is 1. The van der Waals surface area contributed by atoms with Crippen molar-refractivity contribution in [1.29, 1.82) is 0 Å². The number of carbonyl (C=O) groups excluding carboxylic acids is 1. The third-order valence-electron chi connectivity index (χ3n) is 4.79. The van der Waals surface area contributed by atoms with E-state index in [4.69, 9.17) is 5.73 Å². The molecule has 5 N–H and O–H groups in total. The Morgan fingerprint density at radius 3 is 2.48 bits per heavy atom. The van der Waals surface area contributed by atoms with Crippen LogP contribution in [0.15, 0.2) is 48.0 Å². The molecule has 33 heavy (non-hydrogen) atoms. The van der Waals surface area contributed by atoms with Crippen LogP contribution in [0.4, 0.5) is 20.2 Å². The molecule has 0 aliphatic heterocycles. The number of anilines is 2. The molecule has 2 aromatic rings. The van der Waals surface area contributed by atoms with E-state index in [0.29, 0.717) is 35.9 Å². The number of aliphatic imine (C=N–C) groups is 1. The van der Waals surface area contributed by atoms with Crippen molar-refractivity contribution >= 4 is 23.5 Å². The van der Waals surface area contributed by atoms with E-state index in [2.05, 4.69) is 21.9 Å². The summed E-state index contributed by atoms with van der Waals surface area (Å²) in [4.78, 5) is 20.8. The molecule has 1 amide bonds. The number of hydrogen-bond donors (Lipinski definition) is 4. The lowest BCUT2D eigenvalue weighted by molar-refractivity contribution is 0.0474. The first-order valence-corrected chi connectivity index (χ1v) is 10.3. The molecule has 7 nitrogen and oxygen atoms in total. The Kier molecular flexibility index (Phi) is 7.72. The lowest BCUT2D eigenvalue weighted by Crippen LogP contribution is -2.23. The summed E-state index contributed by atoms with van der Waals surface area (Å²) in [5.41, 5.74) is 4.41. The third kappa shape index (κ3) is 7.16. The van der Waals surface area contributed by atoms with Gasteiger partial charge in [-0.05, 0) is 64.5 Å². The summed E-state index contributed by atoms with van der Waals surface area (Å²) >= 11 is 0. The van der Waals surface area contributed by atoms with Crippen LogP contribution in [-0.2, 0) is 11.5 Å². The van der Waals surface area contributed by atoms with Gasteiger partial charge < -0.3 is 21.3 Å². The number of carbonyl (C=O) groups is 1. The number of aromatic nitrogens is 1. The van der Waals surface area contributed by atoms with E-state index < -0.39 is 28.7 Å². The Hall–Kier alpha value is -3.17. The number of benzene rings is 1. The number of halogens is 2. The highest BCUT2D eigenvalue weighted by Gasteiger charge is 2.30. The molecule has 0 fully saturated rings. The fraction of sp³-hybridized carbons (Fsp3) is 0.375. The highest BCUT2D eigenvalue weighted by atomic mass is 19.3. The van der Waals surface area contributed by atoms with Gasteiger partial charge in [0.15, 0.2) is 0 Å². The van der Waals surface area contributed by atoms with Crippen molar-refractivity contribution < 1.29 is 23.8 Å². The van der Waals surface area contributed by atoms with Gasteiger partial charge >= 0.3 is 5.92 Å². The van der Waals surface area contributed by atoms with E-state index in [1.165, 1.54) is 44.3 Å². The fourth-order valence-corrected chi connectivity index (χ4v) is 2.89. The first-order chi connectivity index (χ1) is 15.1. The summed E-state index contributed by atoms with van der Waals surface area (Å²) in [6.45, 7) is 9.85. The summed E-state index contributed by atoms with van der Waals surface area (Å²) in [6, 6.07) is 6.76. The van der Waals surface area contributed by atoms with Gasteiger partial charge in [0.1, 0.15) is 11.4 Å². The van der Waals surface area contributed by atoms with Gasteiger partial charge in [-0.15, -0.1) is 0 Å². The molecule has 1 aromatic carbocycles. The molecule has 0 atom stereocenters. The number of nitrogens with zero attached hydrogens (tertiary/aromatic N) is 2. The van der Waals surface area contributed by atoms with Crippen LogP contribution in [0.2, 0.25) is 0 Å². The second-order valence-corrected chi connectivity index (χ2v) is 8.87. The largest absolute Gasteiger partial charge is 0.398 e. The average Bonchev–Trinajstić information content (AvgIpc) is 2.71. The summed E-state index contributed by atoms with van der Waals surface area (Å²) in [7, 11) is 0. The molecule has 9 heteroatoms. The zero-order valence-corrected chi connectivity index (χ0v) is 19.2. The minimum Gasteiger partial charge on any atom is -0.398 e. The van der Waals surface area contributed by atoms with E-state index in [1.54, 1.807) is 13.8 Å². The highest BCUT2D eigenvalue weighted by Crippen LogP contribution is 2.32. The van der Waals surface area contributed by atoms with Gasteiger partial charge in [0.2, 0.25) is 0 Å². The van der Waals surface area contributed by atoms with Gasteiger partial charge in [-0.2, -0.15) is 8.78 Å². The minimum atomic E-state index is -3.39. The molecule has 0 bridgehead atoms. The SMILES string of the molecule is C=CC(F)(F)c1cccc(C(=O)Nc2cc(C=NCCC(C)(C)O)c(N)cc2C(C)(C)O)n1. The summed E-state index contributed by atoms with van der Waals surface area (Å²) in [5, 5.41) is 23.0. The number of allylic oxidation sites excluding steroid dienone is 1. The topological polar surface area (TPSA) is 121 Å². The third-order valence-corrected chi connectivity index (χ3v) is 4.79. The molecule has 178 valence electrons. The van der Waals surface area contributed by atoms with Crippen LogP contribution in [0.3, 0.4) is 0 Å². The first-order valence-electron chi connectivity index (χ1n) is 10.3. The van der Waals surface area contributed by atoms with E-state index >= 15 is 0 Å². The average molecular weight is 461 g/mol. The molecule has 1 aromatic heterocycles. The molecular weight excluding hydrogens is 430 g/mol. The van der Waals surface area contributed by atoms with E-state index in [1.807, 2.05) is 0 Å². The van der Waals surface area contributed by atoms with Crippen LogP contribution < -0.4 is 11.1 Å². The molecule has 0 saturated heterocycles. The van der Waals surface area contributed by atoms with E-state index in [9.17, 15) is 23.8 Å². The van der Waals surface area contributed by atoms with Gasteiger partial charge in [-0.25, -0.2) is 4.98 Å². The van der Waals surface area contributed by atoms with E-state index in [0.717, 1.165) is 6.07 Å². The lowest BCUT2D eigenvalue weighted by atomic mass is 9.94. The molecule has 0 radical (unpaired) electrons. The number of aliphatic hydroxyl groups is 2. The van der Waals surface area contributed by atoms with Crippen LogP contribution in [0.5, 0.6) is 0 Å². The van der Waals surface area contributed by atoms with Crippen molar-refractivity contribution in [2.45, 2.75) is 51.2 Å². The predicted molar refractivity (Wildman–Crippen MR) is 126 cm³/mol.